The molecule has 14 heavy (non-hydrogen) atoms. The van der Waals surface area contributed by atoms with E-state index in [0.717, 1.165) is 11.0 Å². The van der Waals surface area contributed by atoms with Crippen LogP contribution < -0.4 is 5.73 Å². The highest BCUT2D eigenvalue weighted by Gasteiger charge is 2.15. The molecule has 3 heteroatoms. The van der Waals surface area contributed by atoms with Crippen LogP contribution in [0.25, 0.3) is 11.0 Å². The quantitative estimate of drug-likeness (QED) is 0.694. The van der Waals surface area contributed by atoms with Gasteiger partial charge in [0.25, 0.3) is 0 Å². The van der Waals surface area contributed by atoms with Crippen molar-refractivity contribution < 1.29 is 4.52 Å². The molecule has 0 bridgehead atoms. The van der Waals surface area contributed by atoms with Crippen molar-refractivity contribution in [1.82, 2.24) is 5.16 Å². The van der Waals surface area contributed by atoms with Crippen LogP contribution in [0.1, 0.15) is 26.3 Å². The molecule has 1 aromatic carbocycles. The maximum absolute atomic E-state index is 5.63. The van der Waals surface area contributed by atoms with Crippen LogP contribution in [0, 0.1) is 0 Å². The molecule has 0 amide bonds. The van der Waals surface area contributed by atoms with Gasteiger partial charge in [0.1, 0.15) is 0 Å². The average Bonchev–Trinajstić information content (AvgIpc) is 2.46. The maximum atomic E-state index is 5.63. The Morgan fingerprint density at radius 3 is 2.64 bits per heavy atom. The lowest BCUT2D eigenvalue weighted by molar-refractivity contribution is 0.459. The van der Waals surface area contributed by atoms with Crippen molar-refractivity contribution in [1.29, 1.82) is 0 Å². The van der Waals surface area contributed by atoms with Crippen molar-refractivity contribution >= 4 is 16.8 Å². The molecular formula is C11H14N2O. The number of hydrogen-bond donors (Lipinski definition) is 1. The van der Waals surface area contributed by atoms with E-state index in [9.17, 15) is 0 Å². The summed E-state index contributed by atoms with van der Waals surface area (Å²) < 4.78 is 5.11. The minimum Gasteiger partial charge on any atom is -0.380 e. The molecule has 0 aliphatic carbocycles. The van der Waals surface area contributed by atoms with Crippen molar-refractivity contribution in [3.05, 3.63) is 23.8 Å². The van der Waals surface area contributed by atoms with E-state index in [0.29, 0.717) is 5.82 Å². The van der Waals surface area contributed by atoms with E-state index >= 15 is 0 Å². The van der Waals surface area contributed by atoms with Crippen LogP contribution in [0.5, 0.6) is 0 Å². The van der Waals surface area contributed by atoms with Gasteiger partial charge >= 0.3 is 0 Å². The minimum atomic E-state index is 0.121. The van der Waals surface area contributed by atoms with Gasteiger partial charge in [0.05, 0.1) is 5.39 Å². The van der Waals surface area contributed by atoms with E-state index in [-0.39, 0.29) is 5.41 Å². The highest BCUT2D eigenvalue weighted by molar-refractivity contribution is 5.87. The highest BCUT2D eigenvalue weighted by atomic mass is 16.5. The number of nitrogens with zero attached hydrogens (tertiary/aromatic N) is 1. The molecule has 0 fully saturated rings. The molecule has 0 aliphatic rings. The van der Waals surface area contributed by atoms with Crippen molar-refractivity contribution in [2.75, 3.05) is 5.73 Å². The summed E-state index contributed by atoms with van der Waals surface area (Å²) in [6.45, 7) is 6.48. The molecule has 2 rings (SSSR count). The Morgan fingerprint density at radius 2 is 2.00 bits per heavy atom. The van der Waals surface area contributed by atoms with Gasteiger partial charge in [0, 0.05) is 0 Å². The number of aromatic nitrogens is 1. The Balaban J connectivity index is 2.63. The summed E-state index contributed by atoms with van der Waals surface area (Å²) in [4.78, 5) is 0. The highest BCUT2D eigenvalue weighted by Crippen LogP contribution is 2.28. The van der Waals surface area contributed by atoms with Crippen LogP contribution in [-0.4, -0.2) is 5.16 Å². The summed E-state index contributed by atoms with van der Waals surface area (Å²) in [5, 5.41) is 4.61. The Morgan fingerprint density at radius 1 is 1.29 bits per heavy atom. The first-order valence-corrected chi connectivity index (χ1v) is 4.64. The van der Waals surface area contributed by atoms with E-state index < -0.39 is 0 Å². The molecule has 2 aromatic rings. The fourth-order valence-electron chi connectivity index (χ4n) is 1.42. The minimum absolute atomic E-state index is 0.121. The van der Waals surface area contributed by atoms with Crippen LogP contribution >= 0.6 is 0 Å². The van der Waals surface area contributed by atoms with Gasteiger partial charge in [0.15, 0.2) is 11.4 Å². The lowest BCUT2D eigenvalue weighted by Crippen LogP contribution is -2.10. The van der Waals surface area contributed by atoms with E-state index in [1.54, 1.807) is 0 Å². The van der Waals surface area contributed by atoms with Crippen molar-refractivity contribution in [3.63, 3.8) is 0 Å². The molecule has 0 saturated heterocycles. The van der Waals surface area contributed by atoms with Gasteiger partial charge in [-0.05, 0) is 23.1 Å². The number of rotatable bonds is 0. The van der Waals surface area contributed by atoms with Crippen LogP contribution in [-0.2, 0) is 5.41 Å². The van der Waals surface area contributed by atoms with Crippen LogP contribution in [0.15, 0.2) is 22.7 Å². The molecule has 0 atom stereocenters. The predicted octanol–water partition coefficient (Wildman–Crippen LogP) is 2.71. The van der Waals surface area contributed by atoms with Crippen molar-refractivity contribution in [2.24, 2.45) is 0 Å². The molecule has 0 saturated carbocycles. The first-order chi connectivity index (χ1) is 6.48. The third-order valence-electron chi connectivity index (χ3n) is 2.37. The number of benzene rings is 1. The summed E-state index contributed by atoms with van der Waals surface area (Å²) in [5.74, 6) is 0.459. The van der Waals surface area contributed by atoms with E-state index in [4.69, 9.17) is 10.3 Å². The predicted molar refractivity (Wildman–Crippen MR) is 57.1 cm³/mol. The lowest BCUT2D eigenvalue weighted by Gasteiger charge is -2.18. The monoisotopic (exact) mass is 190 g/mol. The average molecular weight is 190 g/mol. The third-order valence-corrected chi connectivity index (χ3v) is 2.37. The molecular weight excluding hydrogens is 176 g/mol. The van der Waals surface area contributed by atoms with Gasteiger partial charge in [-0.3, -0.25) is 0 Å². The molecule has 0 spiro atoms. The molecule has 0 aliphatic heterocycles. The van der Waals surface area contributed by atoms with E-state index in [2.05, 4.69) is 32.0 Å². The number of fused-ring (bicyclic) bond motifs is 1. The zero-order valence-electron chi connectivity index (χ0n) is 8.66. The number of anilines is 1. The fourth-order valence-corrected chi connectivity index (χ4v) is 1.42. The molecule has 0 unspecified atom stereocenters. The zero-order valence-corrected chi connectivity index (χ0v) is 8.66. The van der Waals surface area contributed by atoms with Crippen LogP contribution in [0.4, 0.5) is 5.82 Å². The lowest BCUT2D eigenvalue weighted by atomic mass is 9.87. The van der Waals surface area contributed by atoms with Crippen LogP contribution in [0.3, 0.4) is 0 Å². The molecule has 74 valence electrons. The topological polar surface area (TPSA) is 52.0 Å². The maximum Gasteiger partial charge on any atom is 0.174 e. The summed E-state index contributed by atoms with van der Waals surface area (Å²) in [7, 11) is 0. The molecule has 1 heterocycles. The molecule has 1 aromatic heterocycles. The van der Waals surface area contributed by atoms with E-state index in [1.807, 2.05) is 12.1 Å². The Kier molecular flexibility index (Phi) is 1.77. The first kappa shape index (κ1) is 9.06. The molecule has 2 N–H and O–H groups in total. The third kappa shape index (κ3) is 1.35. The number of hydrogen-bond acceptors (Lipinski definition) is 3. The summed E-state index contributed by atoms with van der Waals surface area (Å²) in [6.07, 6.45) is 0. The van der Waals surface area contributed by atoms with Crippen molar-refractivity contribution in [2.45, 2.75) is 26.2 Å². The van der Waals surface area contributed by atoms with E-state index in [1.165, 1.54) is 5.56 Å². The number of nitrogen functional groups attached to an aromatic ring is 1. The molecule has 0 radical (unpaired) electrons. The SMILES string of the molecule is CC(C)(C)c1ccc2c(N)noc2c1. The second-order valence-corrected chi connectivity index (χ2v) is 4.53. The van der Waals surface area contributed by atoms with Gasteiger partial charge < -0.3 is 10.3 Å². The second kappa shape index (κ2) is 2.74. The van der Waals surface area contributed by atoms with Crippen LogP contribution in [0.2, 0.25) is 0 Å². The zero-order chi connectivity index (χ0) is 10.3. The standard InChI is InChI=1S/C11H14N2O/c1-11(2,3)7-4-5-8-9(6-7)14-13-10(8)12/h4-6H,1-3H3,(H2,12,13). The fraction of sp³-hybridized carbons (Fsp3) is 0.364. The van der Waals surface area contributed by atoms with Gasteiger partial charge in [0.2, 0.25) is 0 Å². The Bertz CT molecular complexity index is 466. The van der Waals surface area contributed by atoms with Gasteiger partial charge in [-0.1, -0.05) is 32.0 Å². The first-order valence-electron chi connectivity index (χ1n) is 4.64. The number of nitrogens with two attached hydrogens (primary N) is 1. The smallest absolute Gasteiger partial charge is 0.174 e. The Labute approximate surface area is 82.9 Å². The molecule has 3 nitrogen and oxygen atoms in total. The van der Waals surface area contributed by atoms with Gasteiger partial charge in [-0.25, -0.2) is 0 Å². The van der Waals surface area contributed by atoms with Crippen molar-refractivity contribution in [3.8, 4) is 0 Å². The van der Waals surface area contributed by atoms with Gasteiger partial charge in [-0.15, -0.1) is 0 Å². The summed E-state index contributed by atoms with van der Waals surface area (Å²) in [5.41, 5.74) is 7.73. The largest absolute Gasteiger partial charge is 0.380 e. The second-order valence-electron chi connectivity index (χ2n) is 4.53. The van der Waals surface area contributed by atoms with Gasteiger partial charge in [-0.2, -0.15) is 0 Å². The summed E-state index contributed by atoms with van der Waals surface area (Å²) in [6, 6.07) is 6.02. The normalized spacial score (nSPS) is 12.2. The Hall–Kier alpha value is -1.51. The summed E-state index contributed by atoms with van der Waals surface area (Å²) >= 11 is 0.